The fourth-order valence-corrected chi connectivity index (χ4v) is 3.86. The van der Waals surface area contributed by atoms with Crippen LogP contribution in [0.1, 0.15) is 18.5 Å². The number of hydrogen-bond acceptors (Lipinski definition) is 8. The number of thioether (sulfide) groups is 1. The summed E-state index contributed by atoms with van der Waals surface area (Å²) >= 11 is 2.42. The first-order valence-electron chi connectivity index (χ1n) is 8.14. The van der Waals surface area contributed by atoms with Gasteiger partial charge >= 0.3 is 5.97 Å². The molecular formula is C17H17N5O3S2. The minimum atomic E-state index is -0.624. The van der Waals surface area contributed by atoms with Crippen LogP contribution in [-0.4, -0.2) is 44.2 Å². The highest BCUT2D eigenvalue weighted by atomic mass is 32.2. The lowest BCUT2D eigenvalue weighted by atomic mass is 10.1. The molecule has 27 heavy (non-hydrogen) atoms. The molecule has 10 heteroatoms. The Morgan fingerprint density at radius 2 is 2.07 bits per heavy atom. The molecule has 3 rings (SSSR count). The second-order valence-corrected chi connectivity index (χ2v) is 7.46. The van der Waals surface area contributed by atoms with Crippen molar-refractivity contribution in [2.24, 2.45) is 0 Å². The summed E-state index contributed by atoms with van der Waals surface area (Å²) in [6.07, 6.45) is 3.36. The van der Waals surface area contributed by atoms with Crippen LogP contribution in [0.25, 0.3) is 0 Å². The Morgan fingerprint density at radius 3 is 2.78 bits per heavy atom. The average Bonchev–Trinajstić information content (AvgIpc) is 3.34. The average molecular weight is 403 g/mol. The number of carbonyl (C=O) groups is 2. The third-order valence-electron chi connectivity index (χ3n) is 3.41. The molecule has 0 saturated heterocycles. The number of hydrogen-bond donors (Lipinski definition) is 1. The van der Waals surface area contributed by atoms with Crippen LogP contribution in [0.15, 0.2) is 53.1 Å². The molecule has 0 fully saturated rings. The molecule has 0 spiro atoms. The predicted octanol–water partition coefficient (Wildman–Crippen LogP) is 2.62. The summed E-state index contributed by atoms with van der Waals surface area (Å²) in [7, 11) is 0. The summed E-state index contributed by atoms with van der Waals surface area (Å²) in [6.45, 7) is 2.09. The number of rotatable bonds is 8. The van der Waals surface area contributed by atoms with Gasteiger partial charge in [0.2, 0.25) is 5.13 Å². The molecule has 3 aromatic rings. The first kappa shape index (κ1) is 19.1. The number of nitrogens with one attached hydrogen (secondary N) is 1. The number of amides is 1. The van der Waals surface area contributed by atoms with Gasteiger partial charge in [-0.25, -0.2) is 0 Å². The Balaban J connectivity index is 1.69. The monoisotopic (exact) mass is 403 g/mol. The van der Waals surface area contributed by atoms with Crippen molar-refractivity contribution in [3.05, 3.63) is 54.4 Å². The maximum atomic E-state index is 12.9. The van der Waals surface area contributed by atoms with E-state index in [1.54, 1.807) is 30.1 Å². The lowest BCUT2D eigenvalue weighted by Gasteiger charge is -2.16. The van der Waals surface area contributed by atoms with Crippen molar-refractivity contribution in [2.45, 2.75) is 17.3 Å². The molecule has 0 aliphatic carbocycles. The van der Waals surface area contributed by atoms with Crippen molar-refractivity contribution < 1.29 is 14.3 Å². The maximum Gasteiger partial charge on any atom is 0.316 e. The van der Waals surface area contributed by atoms with E-state index in [1.807, 2.05) is 30.3 Å². The smallest absolute Gasteiger partial charge is 0.316 e. The Labute approximate surface area is 164 Å². The topological polar surface area (TPSA) is 99.0 Å². The number of aromatic nitrogens is 4. The maximum absolute atomic E-state index is 12.9. The van der Waals surface area contributed by atoms with Crippen molar-refractivity contribution in [1.82, 2.24) is 20.0 Å². The molecular weight excluding hydrogens is 386 g/mol. The second kappa shape index (κ2) is 9.28. The van der Waals surface area contributed by atoms with Crippen LogP contribution in [0.4, 0.5) is 5.13 Å². The zero-order valence-corrected chi connectivity index (χ0v) is 16.1. The van der Waals surface area contributed by atoms with Crippen LogP contribution in [0.3, 0.4) is 0 Å². The molecule has 2 heterocycles. The third-order valence-corrected chi connectivity index (χ3v) is 5.35. The molecule has 0 aliphatic rings. The minimum absolute atomic E-state index is 0.149. The molecule has 1 aromatic carbocycles. The van der Waals surface area contributed by atoms with Crippen molar-refractivity contribution >= 4 is 40.1 Å². The molecule has 140 valence electrons. The highest BCUT2D eigenvalue weighted by Gasteiger charge is 2.24. The Bertz CT molecular complexity index is 883. The summed E-state index contributed by atoms with van der Waals surface area (Å²) in [5, 5.41) is 15.3. The predicted molar refractivity (Wildman–Crippen MR) is 103 cm³/mol. The van der Waals surface area contributed by atoms with Crippen molar-refractivity contribution in [3.8, 4) is 0 Å². The van der Waals surface area contributed by atoms with E-state index in [0.717, 1.165) is 5.56 Å². The van der Waals surface area contributed by atoms with E-state index < -0.39 is 6.04 Å². The highest BCUT2D eigenvalue weighted by Crippen LogP contribution is 2.27. The number of nitrogens with zero attached hydrogens (tertiary/aromatic N) is 4. The van der Waals surface area contributed by atoms with Gasteiger partial charge in [0.05, 0.1) is 12.4 Å². The molecule has 1 amide bonds. The summed E-state index contributed by atoms with van der Waals surface area (Å²) in [5.74, 6) is -0.440. The highest BCUT2D eigenvalue weighted by molar-refractivity contribution is 8.01. The summed E-state index contributed by atoms with van der Waals surface area (Å²) in [5.41, 5.74) is 0.806. The molecule has 0 saturated carbocycles. The lowest BCUT2D eigenvalue weighted by molar-refractivity contribution is -0.139. The van der Waals surface area contributed by atoms with Crippen LogP contribution >= 0.6 is 23.1 Å². The van der Waals surface area contributed by atoms with E-state index in [9.17, 15) is 9.59 Å². The zero-order valence-electron chi connectivity index (χ0n) is 14.4. The van der Waals surface area contributed by atoms with Crippen LogP contribution in [0.2, 0.25) is 0 Å². The van der Waals surface area contributed by atoms with Gasteiger partial charge in [0.25, 0.3) is 5.91 Å². The third kappa shape index (κ3) is 5.14. The molecule has 0 radical (unpaired) electrons. The van der Waals surface area contributed by atoms with Gasteiger partial charge in [-0.15, -0.1) is 10.2 Å². The fourth-order valence-electron chi connectivity index (χ4n) is 2.31. The number of carbonyl (C=O) groups excluding carboxylic acids is 2. The Hall–Kier alpha value is -2.72. The van der Waals surface area contributed by atoms with Crippen LogP contribution in [0, 0.1) is 0 Å². The van der Waals surface area contributed by atoms with Crippen LogP contribution in [0.5, 0.6) is 0 Å². The SMILES string of the molecule is CCOC(=O)CSc1nnc(NC(=O)C(c2ccccc2)n2cccn2)s1. The lowest BCUT2D eigenvalue weighted by Crippen LogP contribution is -2.27. The van der Waals surface area contributed by atoms with E-state index in [0.29, 0.717) is 16.1 Å². The Kier molecular flexibility index (Phi) is 6.55. The van der Waals surface area contributed by atoms with Crippen LogP contribution < -0.4 is 5.32 Å². The molecule has 0 aliphatic heterocycles. The van der Waals surface area contributed by atoms with E-state index in [4.69, 9.17) is 4.74 Å². The van der Waals surface area contributed by atoms with Crippen molar-refractivity contribution in [3.63, 3.8) is 0 Å². The first-order valence-corrected chi connectivity index (χ1v) is 9.94. The molecule has 2 aromatic heterocycles. The van der Waals surface area contributed by atoms with Gasteiger partial charge in [-0.2, -0.15) is 5.10 Å². The van der Waals surface area contributed by atoms with Crippen molar-refractivity contribution in [1.29, 1.82) is 0 Å². The van der Waals surface area contributed by atoms with Gasteiger partial charge in [-0.05, 0) is 18.6 Å². The molecule has 1 N–H and O–H groups in total. The number of esters is 1. The van der Waals surface area contributed by atoms with Gasteiger partial charge in [0.15, 0.2) is 10.4 Å². The molecule has 0 bridgehead atoms. The van der Waals surface area contributed by atoms with Gasteiger partial charge in [0.1, 0.15) is 0 Å². The van der Waals surface area contributed by atoms with E-state index in [1.165, 1.54) is 23.1 Å². The zero-order chi connectivity index (χ0) is 19.1. The van der Waals surface area contributed by atoms with Crippen molar-refractivity contribution in [2.75, 3.05) is 17.7 Å². The van der Waals surface area contributed by atoms with Gasteiger partial charge < -0.3 is 4.74 Å². The minimum Gasteiger partial charge on any atom is -0.465 e. The van der Waals surface area contributed by atoms with Gasteiger partial charge in [0, 0.05) is 12.4 Å². The number of anilines is 1. The van der Waals surface area contributed by atoms with E-state index in [-0.39, 0.29) is 17.6 Å². The Morgan fingerprint density at radius 1 is 1.26 bits per heavy atom. The molecule has 1 atom stereocenters. The fraction of sp³-hybridized carbons (Fsp3) is 0.235. The quantitative estimate of drug-likeness (QED) is 0.351. The summed E-state index contributed by atoms with van der Waals surface area (Å²) < 4.78 is 7.04. The van der Waals surface area contributed by atoms with Crippen LogP contribution in [-0.2, 0) is 14.3 Å². The number of benzene rings is 1. The normalized spacial score (nSPS) is 11.7. The second-order valence-electron chi connectivity index (χ2n) is 5.26. The summed E-state index contributed by atoms with van der Waals surface area (Å²) in [4.78, 5) is 24.3. The van der Waals surface area contributed by atoms with Gasteiger partial charge in [-0.1, -0.05) is 53.4 Å². The van der Waals surface area contributed by atoms with E-state index in [2.05, 4.69) is 20.6 Å². The number of ether oxygens (including phenoxy) is 1. The summed E-state index contributed by atoms with van der Waals surface area (Å²) in [6, 6.07) is 10.5. The molecule has 8 nitrogen and oxygen atoms in total. The molecule has 1 unspecified atom stereocenters. The standard InChI is InChI=1S/C17H17N5O3S2/c1-2-25-13(23)11-26-17-21-20-16(27-17)19-15(24)14(22-10-6-9-18-22)12-7-4-3-5-8-12/h3-10,14H,2,11H2,1H3,(H,19,20,24). The van der Waals surface area contributed by atoms with E-state index >= 15 is 0 Å². The largest absolute Gasteiger partial charge is 0.465 e. The first-order chi connectivity index (χ1) is 13.2. The van der Waals surface area contributed by atoms with Gasteiger partial charge in [-0.3, -0.25) is 19.6 Å².